The summed E-state index contributed by atoms with van der Waals surface area (Å²) >= 11 is 6.33. The highest BCUT2D eigenvalue weighted by molar-refractivity contribution is 8.23. The van der Waals surface area contributed by atoms with E-state index in [1.165, 1.54) is 16.8 Å². The first-order valence-corrected chi connectivity index (χ1v) is 6.42. The maximum Gasteiger partial charge on any atom is 0.259 e. The number of benzene rings is 1. The second-order valence-electron chi connectivity index (χ2n) is 3.29. The summed E-state index contributed by atoms with van der Waals surface area (Å²) in [5, 5.41) is 5.27. The topological polar surface area (TPSA) is 32.7 Å². The molecule has 0 atom stereocenters. The van der Waals surface area contributed by atoms with Crippen molar-refractivity contribution in [2.75, 3.05) is 5.75 Å². The van der Waals surface area contributed by atoms with E-state index in [4.69, 9.17) is 12.2 Å². The summed E-state index contributed by atoms with van der Waals surface area (Å²) in [6.07, 6.45) is 5.28. The Labute approximate surface area is 109 Å². The molecule has 1 saturated heterocycles. The van der Waals surface area contributed by atoms with Crippen molar-refractivity contribution in [1.29, 1.82) is 0 Å². The summed E-state index contributed by atoms with van der Waals surface area (Å²) in [5.41, 5.74) is 1.09. The number of thiocarbonyl (C=S) groups is 1. The van der Waals surface area contributed by atoms with E-state index in [1.54, 1.807) is 12.3 Å². The first-order chi connectivity index (χ1) is 8.27. The first kappa shape index (κ1) is 12.0. The molecule has 86 valence electrons. The summed E-state index contributed by atoms with van der Waals surface area (Å²) in [5.74, 6) is 0.322. The molecule has 1 aromatic carbocycles. The van der Waals surface area contributed by atoms with Crippen LogP contribution in [0.3, 0.4) is 0 Å². The predicted molar refractivity (Wildman–Crippen MR) is 75.9 cm³/mol. The maximum atomic E-state index is 11.3. The van der Waals surface area contributed by atoms with Gasteiger partial charge in [-0.15, -0.1) is 0 Å². The average Bonchev–Trinajstić information content (AvgIpc) is 2.67. The Kier molecular flexibility index (Phi) is 4.06. The summed E-state index contributed by atoms with van der Waals surface area (Å²) < 4.78 is 0.513. The van der Waals surface area contributed by atoms with Crippen LogP contribution >= 0.6 is 24.0 Å². The number of nitrogens with zero attached hydrogens (tertiary/aromatic N) is 2. The summed E-state index contributed by atoms with van der Waals surface area (Å²) in [4.78, 5) is 11.3. The SMILES string of the molecule is O=C1CSC(=S)N1N=C/C=C\c1ccccc1. The molecule has 1 aliphatic rings. The molecule has 3 nitrogen and oxygen atoms in total. The molecule has 1 amide bonds. The first-order valence-electron chi connectivity index (χ1n) is 5.03. The molecule has 17 heavy (non-hydrogen) atoms. The van der Waals surface area contributed by atoms with Crippen molar-refractivity contribution in [1.82, 2.24) is 5.01 Å². The number of hydrogen-bond acceptors (Lipinski definition) is 4. The minimum Gasteiger partial charge on any atom is -0.272 e. The lowest BCUT2D eigenvalue weighted by atomic mass is 10.2. The van der Waals surface area contributed by atoms with Gasteiger partial charge in [0.1, 0.15) is 0 Å². The molecule has 1 heterocycles. The van der Waals surface area contributed by atoms with E-state index >= 15 is 0 Å². The number of hydrogen-bond donors (Lipinski definition) is 0. The van der Waals surface area contributed by atoms with Crippen LogP contribution in [-0.2, 0) is 4.79 Å². The Bertz CT molecular complexity index is 467. The number of thioether (sulfide) groups is 1. The van der Waals surface area contributed by atoms with Crippen molar-refractivity contribution in [2.24, 2.45) is 5.10 Å². The molecule has 0 unspecified atom stereocenters. The van der Waals surface area contributed by atoms with Crippen molar-refractivity contribution in [3.05, 3.63) is 42.0 Å². The van der Waals surface area contributed by atoms with Crippen LogP contribution in [-0.4, -0.2) is 27.2 Å². The zero-order chi connectivity index (χ0) is 12.1. The van der Waals surface area contributed by atoms with Gasteiger partial charge in [0, 0.05) is 6.21 Å². The summed E-state index contributed by atoms with van der Waals surface area (Å²) in [7, 11) is 0. The third-order valence-electron chi connectivity index (χ3n) is 2.08. The number of carbonyl (C=O) groups is 1. The largest absolute Gasteiger partial charge is 0.272 e. The van der Waals surface area contributed by atoms with Crippen LogP contribution in [0.15, 0.2) is 41.5 Å². The third-order valence-corrected chi connectivity index (χ3v) is 3.42. The van der Waals surface area contributed by atoms with Gasteiger partial charge in [-0.2, -0.15) is 10.1 Å². The number of amides is 1. The second-order valence-corrected chi connectivity index (χ2v) is 4.90. The fraction of sp³-hybridized carbons (Fsp3) is 0.0833. The summed E-state index contributed by atoms with van der Waals surface area (Å²) in [6, 6.07) is 9.88. The molecule has 1 aromatic rings. The van der Waals surface area contributed by atoms with Gasteiger partial charge in [-0.05, 0) is 11.6 Å². The monoisotopic (exact) mass is 262 g/mol. The minimum absolute atomic E-state index is 0.0654. The Hall–Kier alpha value is -1.46. The second kappa shape index (κ2) is 5.75. The van der Waals surface area contributed by atoms with Crippen molar-refractivity contribution in [3.8, 4) is 0 Å². The van der Waals surface area contributed by atoms with E-state index in [9.17, 15) is 4.79 Å². The van der Waals surface area contributed by atoms with Crippen LogP contribution in [0.25, 0.3) is 6.08 Å². The van der Waals surface area contributed by atoms with Crippen molar-refractivity contribution >= 4 is 46.5 Å². The van der Waals surface area contributed by atoms with Gasteiger partial charge in [-0.3, -0.25) is 4.79 Å². The molecule has 0 aliphatic carbocycles. The standard InChI is InChI=1S/C12H10N2OS2/c15-11-9-17-12(16)14(11)13-8-4-7-10-5-2-1-3-6-10/h1-8H,9H2/b7-4-,13-8?. The van der Waals surface area contributed by atoms with Crippen molar-refractivity contribution < 1.29 is 4.79 Å². The van der Waals surface area contributed by atoms with E-state index < -0.39 is 0 Å². The van der Waals surface area contributed by atoms with E-state index in [2.05, 4.69) is 5.10 Å². The molecule has 1 fully saturated rings. The van der Waals surface area contributed by atoms with Gasteiger partial charge in [0.05, 0.1) is 5.75 Å². The Morgan fingerprint density at radius 2 is 2.12 bits per heavy atom. The fourth-order valence-electron chi connectivity index (χ4n) is 1.28. The lowest BCUT2D eigenvalue weighted by Gasteiger charge is -2.04. The number of hydrazone groups is 1. The Morgan fingerprint density at radius 1 is 1.35 bits per heavy atom. The quantitative estimate of drug-likeness (QED) is 0.620. The van der Waals surface area contributed by atoms with E-state index in [0.717, 1.165) is 5.56 Å². The number of allylic oxidation sites excluding steroid dienone is 1. The lowest BCUT2D eigenvalue weighted by Crippen LogP contribution is -2.22. The van der Waals surface area contributed by atoms with Gasteiger partial charge in [0.2, 0.25) is 0 Å². The van der Waals surface area contributed by atoms with Crippen molar-refractivity contribution in [2.45, 2.75) is 0 Å². The molecule has 0 N–H and O–H groups in total. The minimum atomic E-state index is -0.0654. The van der Waals surface area contributed by atoms with Crippen LogP contribution in [0.4, 0.5) is 0 Å². The number of rotatable bonds is 3. The van der Waals surface area contributed by atoms with Gasteiger partial charge in [0.15, 0.2) is 4.32 Å². The van der Waals surface area contributed by atoms with Crippen LogP contribution < -0.4 is 0 Å². The lowest BCUT2D eigenvalue weighted by molar-refractivity contribution is -0.123. The van der Waals surface area contributed by atoms with Crippen LogP contribution in [0, 0.1) is 0 Å². The molecular formula is C12H10N2OS2. The van der Waals surface area contributed by atoms with Gasteiger partial charge >= 0.3 is 0 Å². The van der Waals surface area contributed by atoms with E-state index in [0.29, 0.717) is 10.1 Å². The van der Waals surface area contributed by atoms with Gasteiger partial charge in [0.25, 0.3) is 5.91 Å². The Morgan fingerprint density at radius 3 is 2.76 bits per heavy atom. The molecule has 0 saturated carbocycles. The molecular weight excluding hydrogens is 252 g/mol. The number of carbonyl (C=O) groups excluding carboxylic acids is 1. The summed E-state index contributed by atoms with van der Waals surface area (Å²) in [6.45, 7) is 0. The van der Waals surface area contributed by atoms with Crippen molar-refractivity contribution in [3.63, 3.8) is 0 Å². The zero-order valence-corrected chi connectivity index (χ0v) is 10.6. The molecule has 0 bridgehead atoms. The third kappa shape index (κ3) is 3.25. The highest BCUT2D eigenvalue weighted by Gasteiger charge is 2.25. The normalized spacial score (nSPS) is 16.6. The van der Waals surface area contributed by atoms with E-state index in [-0.39, 0.29) is 5.91 Å². The van der Waals surface area contributed by atoms with Gasteiger partial charge < -0.3 is 0 Å². The van der Waals surface area contributed by atoms with Crippen LogP contribution in [0.5, 0.6) is 0 Å². The van der Waals surface area contributed by atoms with Crippen LogP contribution in [0.2, 0.25) is 0 Å². The average molecular weight is 262 g/mol. The smallest absolute Gasteiger partial charge is 0.259 e. The molecule has 0 spiro atoms. The highest BCUT2D eigenvalue weighted by atomic mass is 32.2. The molecule has 1 aliphatic heterocycles. The fourth-order valence-corrected chi connectivity index (χ4v) is 2.25. The maximum absolute atomic E-state index is 11.3. The Balaban J connectivity index is 1.96. The molecule has 0 aromatic heterocycles. The van der Waals surface area contributed by atoms with Gasteiger partial charge in [-0.25, -0.2) is 0 Å². The molecule has 2 rings (SSSR count). The predicted octanol–water partition coefficient (Wildman–Crippen LogP) is 2.55. The zero-order valence-electron chi connectivity index (χ0n) is 8.95. The molecule has 0 radical (unpaired) electrons. The van der Waals surface area contributed by atoms with E-state index in [1.807, 2.05) is 36.4 Å². The molecule has 5 heteroatoms. The van der Waals surface area contributed by atoms with Crippen LogP contribution in [0.1, 0.15) is 5.56 Å². The van der Waals surface area contributed by atoms with Gasteiger partial charge in [-0.1, -0.05) is 60.4 Å². The highest BCUT2D eigenvalue weighted by Crippen LogP contribution is 2.18.